The summed E-state index contributed by atoms with van der Waals surface area (Å²) in [6.07, 6.45) is 0.743. The molecule has 0 amide bonds. The minimum atomic E-state index is -3.70. The number of hydrogen-bond acceptors (Lipinski definition) is 5. The second-order valence-electron chi connectivity index (χ2n) is 5.39. The second kappa shape index (κ2) is 8.84. The molecule has 0 saturated heterocycles. The van der Waals surface area contributed by atoms with Crippen molar-refractivity contribution in [3.8, 4) is 11.5 Å². The highest BCUT2D eigenvalue weighted by Gasteiger charge is 2.07. The third kappa shape index (κ3) is 5.58. The van der Waals surface area contributed by atoms with Gasteiger partial charge in [0.25, 0.3) is 0 Å². The molecule has 26 heavy (non-hydrogen) atoms. The topological polar surface area (TPSA) is 103 Å². The molecule has 2 rings (SSSR count). The van der Waals surface area contributed by atoms with Crippen LogP contribution in [-0.2, 0) is 16.4 Å². The monoisotopic (exact) mass is 395 g/mol. The predicted molar refractivity (Wildman–Crippen MR) is 105 cm³/mol. The number of methoxy groups -OCH3 is 2. The summed E-state index contributed by atoms with van der Waals surface area (Å²) in [4.78, 5) is 0.0513. The molecule has 0 atom stereocenters. The summed E-state index contributed by atoms with van der Waals surface area (Å²) in [6.45, 7) is 0.622. The van der Waals surface area contributed by atoms with Crippen molar-refractivity contribution >= 4 is 33.0 Å². The number of ether oxygens (including phenoxy) is 2. The van der Waals surface area contributed by atoms with E-state index in [0.717, 1.165) is 12.0 Å². The van der Waals surface area contributed by atoms with E-state index >= 15 is 0 Å². The van der Waals surface area contributed by atoms with Crippen LogP contribution < -0.4 is 25.2 Å². The third-order valence-electron chi connectivity index (χ3n) is 3.59. The fourth-order valence-electron chi connectivity index (χ4n) is 2.26. The normalized spacial score (nSPS) is 10.9. The Morgan fingerprint density at radius 1 is 1.08 bits per heavy atom. The minimum absolute atomic E-state index is 0.0513. The lowest BCUT2D eigenvalue weighted by atomic mass is 10.1. The van der Waals surface area contributed by atoms with E-state index in [1.54, 1.807) is 26.4 Å². The van der Waals surface area contributed by atoms with E-state index in [9.17, 15) is 8.42 Å². The van der Waals surface area contributed by atoms with Gasteiger partial charge in [0.1, 0.15) is 0 Å². The van der Waals surface area contributed by atoms with E-state index in [1.807, 2.05) is 18.2 Å². The van der Waals surface area contributed by atoms with Gasteiger partial charge in [0.05, 0.1) is 19.1 Å². The molecule has 4 N–H and O–H groups in total. The van der Waals surface area contributed by atoms with Crippen LogP contribution in [0, 0.1) is 0 Å². The van der Waals surface area contributed by atoms with Gasteiger partial charge < -0.3 is 20.1 Å². The van der Waals surface area contributed by atoms with Gasteiger partial charge in [0.15, 0.2) is 16.6 Å². The predicted octanol–water partition coefficient (Wildman–Crippen LogP) is 1.88. The standard InChI is InChI=1S/C17H21N3O4S2/c1-23-15-8-3-12(11-16(15)24-2)9-10-19-17(25)20-13-4-6-14(7-5-13)26(18,21)22/h3-8,11H,9-10H2,1-2H3,(H2,18,21,22)(H2,19,20,25). The number of benzene rings is 2. The molecular formula is C17H21N3O4S2. The van der Waals surface area contributed by atoms with E-state index in [2.05, 4.69) is 10.6 Å². The highest BCUT2D eigenvalue weighted by molar-refractivity contribution is 7.89. The molecule has 0 heterocycles. The van der Waals surface area contributed by atoms with Crippen molar-refractivity contribution in [3.63, 3.8) is 0 Å². The molecule has 0 aromatic heterocycles. The Labute approximate surface area is 158 Å². The number of anilines is 1. The largest absolute Gasteiger partial charge is 0.493 e. The molecule has 0 fully saturated rings. The average molecular weight is 396 g/mol. The van der Waals surface area contributed by atoms with Gasteiger partial charge in [0.2, 0.25) is 10.0 Å². The Kier molecular flexibility index (Phi) is 6.78. The van der Waals surface area contributed by atoms with Crippen molar-refractivity contribution in [2.45, 2.75) is 11.3 Å². The van der Waals surface area contributed by atoms with E-state index in [1.165, 1.54) is 12.1 Å². The van der Waals surface area contributed by atoms with Gasteiger partial charge in [0, 0.05) is 12.2 Å². The number of hydrogen-bond donors (Lipinski definition) is 3. The molecule has 0 saturated carbocycles. The van der Waals surface area contributed by atoms with E-state index in [0.29, 0.717) is 28.8 Å². The maximum Gasteiger partial charge on any atom is 0.238 e. The molecule has 0 unspecified atom stereocenters. The van der Waals surface area contributed by atoms with Crippen molar-refractivity contribution in [3.05, 3.63) is 48.0 Å². The maximum absolute atomic E-state index is 11.2. The molecule has 2 aromatic carbocycles. The Balaban J connectivity index is 1.85. The molecule has 9 heteroatoms. The first-order valence-corrected chi connectivity index (χ1v) is 9.67. The van der Waals surface area contributed by atoms with Crippen LogP contribution in [0.1, 0.15) is 5.56 Å². The first-order chi connectivity index (χ1) is 12.3. The number of thiocarbonyl (C=S) groups is 1. The average Bonchev–Trinajstić information content (AvgIpc) is 2.61. The van der Waals surface area contributed by atoms with Crippen molar-refractivity contribution < 1.29 is 17.9 Å². The molecule has 0 bridgehead atoms. The minimum Gasteiger partial charge on any atom is -0.493 e. The van der Waals surface area contributed by atoms with Crippen LogP contribution in [0.25, 0.3) is 0 Å². The van der Waals surface area contributed by atoms with Crippen LogP contribution in [0.15, 0.2) is 47.4 Å². The van der Waals surface area contributed by atoms with E-state index in [4.69, 9.17) is 26.8 Å². The van der Waals surface area contributed by atoms with Gasteiger partial charge in [-0.1, -0.05) is 6.07 Å². The molecule has 140 valence electrons. The van der Waals surface area contributed by atoms with Crippen LogP contribution in [0.4, 0.5) is 5.69 Å². The van der Waals surface area contributed by atoms with Gasteiger partial charge in [-0.05, 0) is 60.6 Å². The van der Waals surface area contributed by atoms with Gasteiger partial charge >= 0.3 is 0 Å². The fraction of sp³-hybridized carbons (Fsp3) is 0.235. The number of rotatable bonds is 7. The first-order valence-electron chi connectivity index (χ1n) is 7.72. The van der Waals surface area contributed by atoms with Gasteiger partial charge in [-0.25, -0.2) is 13.6 Å². The molecule has 0 aliphatic heterocycles. The SMILES string of the molecule is COc1ccc(CCNC(=S)Nc2ccc(S(N)(=O)=O)cc2)cc1OC. The van der Waals surface area contributed by atoms with E-state index in [-0.39, 0.29) is 4.90 Å². The van der Waals surface area contributed by atoms with Crippen LogP contribution in [0.2, 0.25) is 0 Å². The zero-order valence-corrected chi connectivity index (χ0v) is 16.1. The lowest BCUT2D eigenvalue weighted by Gasteiger charge is -2.12. The summed E-state index contributed by atoms with van der Waals surface area (Å²) in [5.41, 5.74) is 1.75. The van der Waals surface area contributed by atoms with Crippen molar-refractivity contribution in [1.82, 2.24) is 5.32 Å². The summed E-state index contributed by atoms with van der Waals surface area (Å²) in [5, 5.41) is 11.6. The van der Waals surface area contributed by atoms with Gasteiger partial charge in [-0.15, -0.1) is 0 Å². The Bertz CT molecular complexity index is 868. The van der Waals surface area contributed by atoms with Crippen LogP contribution in [0.3, 0.4) is 0 Å². The second-order valence-corrected chi connectivity index (χ2v) is 7.36. The van der Waals surface area contributed by atoms with Gasteiger partial charge in [-0.2, -0.15) is 0 Å². The summed E-state index contributed by atoms with van der Waals surface area (Å²) < 4.78 is 33.0. The summed E-state index contributed by atoms with van der Waals surface area (Å²) in [5.74, 6) is 1.37. The van der Waals surface area contributed by atoms with Crippen molar-refractivity contribution in [2.24, 2.45) is 5.14 Å². The van der Waals surface area contributed by atoms with Crippen molar-refractivity contribution in [1.29, 1.82) is 0 Å². The fourth-order valence-corrected chi connectivity index (χ4v) is 3.00. The molecule has 0 radical (unpaired) electrons. The molecule has 2 aromatic rings. The molecule has 0 aliphatic rings. The number of nitrogens with one attached hydrogen (secondary N) is 2. The Morgan fingerprint density at radius 2 is 1.73 bits per heavy atom. The molecular weight excluding hydrogens is 374 g/mol. The number of primary sulfonamides is 1. The maximum atomic E-state index is 11.2. The summed E-state index contributed by atoms with van der Waals surface area (Å²) in [7, 11) is -0.506. The lowest BCUT2D eigenvalue weighted by Crippen LogP contribution is -2.30. The van der Waals surface area contributed by atoms with Crippen LogP contribution in [-0.4, -0.2) is 34.3 Å². The van der Waals surface area contributed by atoms with Crippen LogP contribution in [0.5, 0.6) is 11.5 Å². The zero-order chi connectivity index (χ0) is 19.2. The smallest absolute Gasteiger partial charge is 0.238 e. The zero-order valence-electron chi connectivity index (χ0n) is 14.5. The van der Waals surface area contributed by atoms with Gasteiger partial charge in [-0.3, -0.25) is 0 Å². The van der Waals surface area contributed by atoms with Crippen LogP contribution >= 0.6 is 12.2 Å². The Morgan fingerprint density at radius 3 is 2.31 bits per heavy atom. The molecule has 0 spiro atoms. The highest BCUT2D eigenvalue weighted by atomic mass is 32.2. The highest BCUT2D eigenvalue weighted by Crippen LogP contribution is 2.27. The number of nitrogens with two attached hydrogens (primary N) is 1. The lowest BCUT2D eigenvalue weighted by molar-refractivity contribution is 0.354. The Hall–Kier alpha value is -2.36. The van der Waals surface area contributed by atoms with Crippen molar-refractivity contribution in [2.75, 3.05) is 26.1 Å². The first kappa shape index (κ1) is 20.0. The number of sulfonamides is 1. The molecule has 0 aliphatic carbocycles. The summed E-state index contributed by atoms with van der Waals surface area (Å²) >= 11 is 5.24. The third-order valence-corrected chi connectivity index (χ3v) is 4.76. The van der Waals surface area contributed by atoms with E-state index < -0.39 is 10.0 Å². The summed E-state index contributed by atoms with van der Waals surface area (Å²) in [6, 6.07) is 11.8. The quantitative estimate of drug-likeness (QED) is 0.615. The molecule has 7 nitrogen and oxygen atoms in total.